The van der Waals surface area contributed by atoms with E-state index in [1.807, 2.05) is 39.0 Å². The number of imide groups is 1. The highest BCUT2D eigenvalue weighted by atomic mass is 32.1. The molecule has 1 aliphatic heterocycles. The molecule has 1 aromatic carbocycles. The molecule has 0 atom stereocenters. The number of thiocarbonyl (C=S) groups is 1. The lowest BCUT2D eigenvalue weighted by molar-refractivity contribution is -0.127. The number of aryl methyl sites for hydroxylation is 1. The van der Waals surface area contributed by atoms with Crippen molar-refractivity contribution in [1.82, 2.24) is 4.90 Å². The molecule has 2 N–H and O–H groups in total. The molecule has 0 fully saturated rings. The fourth-order valence-electron chi connectivity index (χ4n) is 2.54. The minimum atomic E-state index is -0.730. The largest absolute Gasteiger partial charge is 0.511 e. The van der Waals surface area contributed by atoms with Crippen LogP contribution in [0, 0.1) is 13.8 Å². The predicted octanol–water partition coefficient (Wildman–Crippen LogP) is 4.41. The lowest BCUT2D eigenvalue weighted by Gasteiger charge is -2.31. The summed E-state index contributed by atoms with van der Waals surface area (Å²) in [4.78, 5) is 26.3. The number of hydrogen-bond acceptors (Lipinski definition) is 5. The average Bonchev–Trinajstić information content (AvgIpc) is 2.58. The van der Waals surface area contributed by atoms with Gasteiger partial charge in [-0.1, -0.05) is 31.3 Å². The van der Waals surface area contributed by atoms with Gasteiger partial charge in [0.25, 0.3) is 5.91 Å². The maximum atomic E-state index is 12.8. The number of nitrogens with zero attached hydrogens (tertiary/aromatic N) is 1. The quantitative estimate of drug-likeness (QED) is 0.741. The maximum absolute atomic E-state index is 12.8. The molecule has 2 amide bonds. The standard InChI is InChI=1S/C20H26N2O4S/c1-6-20(4,5)26-19(25)22-11-10-15(23)16(18(22)24)17(27)21-14-9-7-8-12(2)13(14)3/h7-9,23H,6,10-11H2,1-5H3,(H,21,27). The normalized spacial score (nSPS) is 15.0. The summed E-state index contributed by atoms with van der Waals surface area (Å²) in [6.07, 6.45) is 0.0185. The third-order valence-corrected chi connectivity index (χ3v) is 5.14. The molecule has 6 nitrogen and oxygen atoms in total. The van der Waals surface area contributed by atoms with Crippen molar-refractivity contribution in [3.05, 3.63) is 40.7 Å². The smallest absolute Gasteiger partial charge is 0.417 e. The van der Waals surface area contributed by atoms with E-state index >= 15 is 0 Å². The topological polar surface area (TPSA) is 78.9 Å². The van der Waals surface area contributed by atoms with E-state index < -0.39 is 17.6 Å². The van der Waals surface area contributed by atoms with Crippen molar-refractivity contribution in [3.8, 4) is 0 Å². The van der Waals surface area contributed by atoms with Gasteiger partial charge in [-0.2, -0.15) is 0 Å². The van der Waals surface area contributed by atoms with Crippen LogP contribution in [0.3, 0.4) is 0 Å². The number of rotatable bonds is 4. The first kappa shape index (κ1) is 20.9. The first-order chi connectivity index (χ1) is 12.6. The van der Waals surface area contributed by atoms with Gasteiger partial charge < -0.3 is 15.2 Å². The molecule has 0 spiro atoms. The zero-order valence-corrected chi connectivity index (χ0v) is 17.2. The molecule has 0 bridgehead atoms. The van der Waals surface area contributed by atoms with E-state index in [0.29, 0.717) is 6.42 Å². The van der Waals surface area contributed by atoms with Crippen LogP contribution in [-0.4, -0.2) is 39.1 Å². The SMILES string of the molecule is CCC(C)(C)OC(=O)N1CCC(O)=C(C(=S)Nc2cccc(C)c2C)C1=O. The molecular formula is C20H26N2O4S. The summed E-state index contributed by atoms with van der Waals surface area (Å²) in [5.41, 5.74) is 2.06. The van der Waals surface area contributed by atoms with Crippen LogP contribution in [0.1, 0.15) is 44.7 Å². The van der Waals surface area contributed by atoms with Gasteiger partial charge in [0.1, 0.15) is 21.9 Å². The second kappa shape index (κ2) is 8.08. The number of anilines is 1. The minimum absolute atomic E-state index is 0.0544. The summed E-state index contributed by atoms with van der Waals surface area (Å²) in [7, 11) is 0. The molecule has 0 aromatic heterocycles. The monoisotopic (exact) mass is 390 g/mol. The number of aliphatic hydroxyl groups excluding tert-OH is 1. The average molecular weight is 391 g/mol. The van der Waals surface area contributed by atoms with Gasteiger partial charge in [-0.25, -0.2) is 9.69 Å². The third kappa shape index (κ3) is 4.66. The molecule has 27 heavy (non-hydrogen) atoms. The molecule has 1 heterocycles. The summed E-state index contributed by atoms with van der Waals surface area (Å²) >= 11 is 5.36. The van der Waals surface area contributed by atoms with E-state index in [1.165, 1.54) is 0 Å². The Morgan fingerprint density at radius 2 is 2.04 bits per heavy atom. The highest BCUT2D eigenvalue weighted by Crippen LogP contribution is 2.25. The molecular weight excluding hydrogens is 364 g/mol. The van der Waals surface area contributed by atoms with E-state index in [9.17, 15) is 14.7 Å². The van der Waals surface area contributed by atoms with Crippen molar-refractivity contribution >= 4 is 34.9 Å². The fourth-order valence-corrected chi connectivity index (χ4v) is 2.86. The molecule has 0 radical (unpaired) electrons. The highest BCUT2D eigenvalue weighted by molar-refractivity contribution is 7.81. The maximum Gasteiger partial charge on any atom is 0.417 e. The van der Waals surface area contributed by atoms with E-state index in [2.05, 4.69) is 5.32 Å². The first-order valence-corrected chi connectivity index (χ1v) is 9.32. The summed E-state index contributed by atoms with van der Waals surface area (Å²) < 4.78 is 5.41. The van der Waals surface area contributed by atoms with E-state index in [4.69, 9.17) is 17.0 Å². The van der Waals surface area contributed by atoms with Crippen LogP contribution in [0.2, 0.25) is 0 Å². The van der Waals surface area contributed by atoms with Crippen LogP contribution >= 0.6 is 12.2 Å². The van der Waals surface area contributed by atoms with Gasteiger partial charge in [-0.3, -0.25) is 4.79 Å². The predicted molar refractivity (Wildman–Crippen MR) is 109 cm³/mol. The molecule has 146 valence electrons. The zero-order chi connectivity index (χ0) is 20.4. The third-order valence-electron chi connectivity index (χ3n) is 4.84. The summed E-state index contributed by atoms with van der Waals surface area (Å²) in [5.74, 6) is -0.778. The van der Waals surface area contributed by atoms with Crippen LogP contribution in [0.15, 0.2) is 29.5 Å². The number of benzene rings is 1. The number of hydrogen-bond donors (Lipinski definition) is 2. The number of aliphatic hydroxyl groups is 1. The molecule has 1 aliphatic rings. The summed E-state index contributed by atoms with van der Waals surface area (Å²) in [5, 5.41) is 13.3. The van der Waals surface area contributed by atoms with Crippen molar-refractivity contribution < 1.29 is 19.4 Å². The molecule has 1 aromatic rings. The number of nitrogens with one attached hydrogen (secondary N) is 1. The highest BCUT2D eigenvalue weighted by Gasteiger charge is 2.36. The van der Waals surface area contributed by atoms with Crippen LogP contribution in [0.25, 0.3) is 0 Å². The number of carbonyl (C=O) groups excluding carboxylic acids is 2. The Balaban J connectivity index is 2.22. The minimum Gasteiger partial charge on any atom is -0.511 e. The summed E-state index contributed by atoms with van der Waals surface area (Å²) in [6.45, 7) is 9.41. The Labute approximate surface area is 165 Å². The van der Waals surface area contributed by atoms with Crippen LogP contribution < -0.4 is 5.32 Å². The van der Waals surface area contributed by atoms with E-state index in [0.717, 1.165) is 21.7 Å². The Morgan fingerprint density at radius 1 is 1.37 bits per heavy atom. The van der Waals surface area contributed by atoms with Crippen molar-refractivity contribution in [2.24, 2.45) is 0 Å². The van der Waals surface area contributed by atoms with Crippen LogP contribution in [-0.2, 0) is 9.53 Å². The number of ether oxygens (including phenoxy) is 1. The van der Waals surface area contributed by atoms with Gasteiger partial charge in [-0.15, -0.1) is 0 Å². The van der Waals surface area contributed by atoms with Crippen molar-refractivity contribution in [3.63, 3.8) is 0 Å². The van der Waals surface area contributed by atoms with Gasteiger partial charge in [0.15, 0.2) is 0 Å². The van der Waals surface area contributed by atoms with Crippen molar-refractivity contribution in [2.45, 2.75) is 53.1 Å². The van der Waals surface area contributed by atoms with E-state index in [1.54, 1.807) is 13.8 Å². The van der Waals surface area contributed by atoms with Gasteiger partial charge in [0.05, 0.1) is 0 Å². The van der Waals surface area contributed by atoms with Gasteiger partial charge >= 0.3 is 6.09 Å². The number of amides is 2. The molecule has 0 saturated heterocycles. The Kier molecular flexibility index (Phi) is 6.26. The van der Waals surface area contributed by atoms with Crippen molar-refractivity contribution in [2.75, 3.05) is 11.9 Å². The molecule has 7 heteroatoms. The zero-order valence-electron chi connectivity index (χ0n) is 16.4. The van der Waals surface area contributed by atoms with Crippen LogP contribution in [0.4, 0.5) is 10.5 Å². The Bertz CT molecular complexity index is 814. The van der Waals surface area contributed by atoms with Gasteiger partial charge in [0, 0.05) is 18.7 Å². The lowest BCUT2D eigenvalue weighted by Crippen LogP contribution is -2.46. The fraction of sp³-hybridized carbons (Fsp3) is 0.450. The first-order valence-electron chi connectivity index (χ1n) is 8.92. The summed E-state index contributed by atoms with van der Waals surface area (Å²) in [6, 6.07) is 5.69. The second-order valence-corrected chi connectivity index (χ2v) is 7.62. The second-order valence-electron chi connectivity index (χ2n) is 7.21. The molecule has 2 rings (SSSR count). The van der Waals surface area contributed by atoms with Gasteiger partial charge in [0.2, 0.25) is 0 Å². The molecule has 0 saturated carbocycles. The molecule has 0 aliphatic carbocycles. The van der Waals surface area contributed by atoms with Gasteiger partial charge in [-0.05, 0) is 51.3 Å². The Morgan fingerprint density at radius 3 is 2.67 bits per heavy atom. The van der Waals surface area contributed by atoms with Crippen LogP contribution in [0.5, 0.6) is 0 Å². The van der Waals surface area contributed by atoms with E-state index in [-0.39, 0.29) is 29.3 Å². The molecule has 0 unspecified atom stereocenters. The van der Waals surface area contributed by atoms with Crippen molar-refractivity contribution in [1.29, 1.82) is 0 Å². The Hall–Kier alpha value is -2.41. The lowest BCUT2D eigenvalue weighted by atomic mass is 10.0. The number of carbonyl (C=O) groups is 2.